The van der Waals surface area contributed by atoms with E-state index in [0.29, 0.717) is 0 Å². The normalized spacial score (nSPS) is 11.1. The summed E-state index contributed by atoms with van der Waals surface area (Å²) in [6.07, 6.45) is 0.157. The Bertz CT molecular complexity index is 1040. The lowest BCUT2D eigenvalue weighted by atomic mass is 10.1. The average Bonchev–Trinajstić information content (AvgIpc) is 2.75. The minimum Gasteiger partial charge on any atom is -0.464 e. The van der Waals surface area contributed by atoms with Gasteiger partial charge in [0, 0.05) is 32.8 Å². The van der Waals surface area contributed by atoms with Crippen molar-refractivity contribution in [1.29, 1.82) is 0 Å². The Morgan fingerprint density at radius 2 is 1.35 bits per heavy atom. The number of carbonyl (C=O) groups is 5. The van der Waals surface area contributed by atoms with Crippen LogP contribution >= 0.6 is 0 Å². The SMILES string of the molecule is CCOC(=O)C(Cc1ccccc1)NC(=O)c1cc(OC(C)=O)c(OC(C)=O)c(OC(C)=O)c1. The molecule has 0 fully saturated rings. The minimum atomic E-state index is -1.03. The van der Waals surface area contributed by atoms with E-state index in [-0.39, 0.29) is 35.8 Å². The second-order valence-electron chi connectivity index (χ2n) is 7.05. The lowest BCUT2D eigenvalue weighted by Crippen LogP contribution is -2.43. The number of rotatable bonds is 9. The van der Waals surface area contributed by atoms with Crippen LogP contribution < -0.4 is 19.5 Å². The second-order valence-corrected chi connectivity index (χ2v) is 7.05. The molecule has 10 heteroatoms. The number of hydrogen-bond acceptors (Lipinski definition) is 9. The summed E-state index contributed by atoms with van der Waals surface area (Å²) in [5, 5.41) is 2.59. The maximum Gasteiger partial charge on any atom is 0.328 e. The van der Waals surface area contributed by atoms with Gasteiger partial charge in [-0.3, -0.25) is 19.2 Å². The molecule has 0 aliphatic rings. The Morgan fingerprint density at radius 1 is 0.824 bits per heavy atom. The van der Waals surface area contributed by atoms with Crippen LogP contribution in [-0.2, 0) is 30.3 Å². The average molecular weight is 471 g/mol. The van der Waals surface area contributed by atoms with Gasteiger partial charge in [0.2, 0.25) is 5.75 Å². The highest BCUT2D eigenvalue weighted by Crippen LogP contribution is 2.39. The van der Waals surface area contributed by atoms with Crippen LogP contribution in [0.1, 0.15) is 43.6 Å². The Kier molecular flexibility index (Phi) is 9.30. The molecule has 0 aliphatic heterocycles. The van der Waals surface area contributed by atoms with Crippen molar-refractivity contribution in [3.05, 3.63) is 53.6 Å². The zero-order valence-corrected chi connectivity index (χ0v) is 19.2. The van der Waals surface area contributed by atoms with E-state index in [1.54, 1.807) is 31.2 Å². The lowest BCUT2D eigenvalue weighted by molar-refractivity contribution is -0.145. The molecule has 34 heavy (non-hydrogen) atoms. The van der Waals surface area contributed by atoms with Gasteiger partial charge < -0.3 is 24.3 Å². The summed E-state index contributed by atoms with van der Waals surface area (Å²) in [6.45, 7) is 5.07. The summed E-state index contributed by atoms with van der Waals surface area (Å²) in [6, 6.07) is 10.2. The third-order valence-electron chi connectivity index (χ3n) is 4.20. The van der Waals surface area contributed by atoms with Gasteiger partial charge in [0.25, 0.3) is 5.91 Å². The van der Waals surface area contributed by atoms with Crippen molar-refractivity contribution in [3.8, 4) is 17.2 Å². The number of benzene rings is 2. The van der Waals surface area contributed by atoms with Gasteiger partial charge in [0.15, 0.2) is 11.5 Å². The molecular weight excluding hydrogens is 446 g/mol. The number of esters is 4. The molecule has 0 heterocycles. The zero-order valence-electron chi connectivity index (χ0n) is 19.2. The van der Waals surface area contributed by atoms with Crippen LogP contribution in [0, 0.1) is 0 Å². The first-order valence-electron chi connectivity index (χ1n) is 10.3. The molecule has 0 saturated heterocycles. The van der Waals surface area contributed by atoms with Crippen molar-refractivity contribution in [2.24, 2.45) is 0 Å². The van der Waals surface area contributed by atoms with E-state index in [0.717, 1.165) is 38.5 Å². The smallest absolute Gasteiger partial charge is 0.328 e. The summed E-state index contributed by atoms with van der Waals surface area (Å²) in [5.41, 5.74) is 0.665. The standard InChI is InChI=1S/C24H25NO9/c1-5-31-24(30)19(11-17-9-7-6-8-10-17)25-23(29)18-12-20(32-14(2)26)22(34-16(4)28)21(13-18)33-15(3)27/h6-10,12-13,19H,5,11H2,1-4H3,(H,25,29). The Hall–Kier alpha value is -4.21. The molecule has 0 aromatic heterocycles. The van der Waals surface area contributed by atoms with Crippen molar-refractivity contribution >= 4 is 29.8 Å². The first-order valence-corrected chi connectivity index (χ1v) is 10.3. The third kappa shape index (κ3) is 7.73. The van der Waals surface area contributed by atoms with Crippen molar-refractivity contribution in [1.82, 2.24) is 5.32 Å². The van der Waals surface area contributed by atoms with Gasteiger partial charge in [0.1, 0.15) is 6.04 Å². The van der Waals surface area contributed by atoms with Crippen LogP contribution in [0.4, 0.5) is 0 Å². The number of carbonyl (C=O) groups excluding carboxylic acids is 5. The topological polar surface area (TPSA) is 134 Å². The summed E-state index contributed by atoms with van der Waals surface area (Å²) in [7, 11) is 0. The lowest BCUT2D eigenvalue weighted by Gasteiger charge is -2.19. The van der Waals surface area contributed by atoms with Gasteiger partial charge >= 0.3 is 23.9 Å². The summed E-state index contributed by atoms with van der Waals surface area (Å²) >= 11 is 0. The van der Waals surface area contributed by atoms with Crippen LogP contribution in [0.2, 0.25) is 0 Å². The van der Waals surface area contributed by atoms with Crippen LogP contribution in [0.15, 0.2) is 42.5 Å². The fraction of sp³-hybridized carbons (Fsp3) is 0.292. The Morgan fingerprint density at radius 3 is 1.82 bits per heavy atom. The molecule has 1 atom stereocenters. The van der Waals surface area contributed by atoms with E-state index in [1.165, 1.54) is 0 Å². The van der Waals surface area contributed by atoms with E-state index in [2.05, 4.69) is 5.32 Å². The maximum atomic E-state index is 13.1. The molecule has 2 aromatic carbocycles. The molecule has 2 rings (SSSR count). The highest BCUT2D eigenvalue weighted by atomic mass is 16.6. The van der Waals surface area contributed by atoms with Crippen molar-refractivity contribution < 1.29 is 42.9 Å². The molecular formula is C24H25NO9. The first kappa shape index (κ1) is 26.0. The van der Waals surface area contributed by atoms with Gasteiger partial charge in [-0.1, -0.05) is 30.3 Å². The second kappa shape index (κ2) is 12.1. The largest absolute Gasteiger partial charge is 0.464 e. The van der Waals surface area contributed by atoms with Crippen LogP contribution in [0.3, 0.4) is 0 Å². The predicted octanol–water partition coefficient (Wildman–Crippen LogP) is 2.37. The summed E-state index contributed by atoms with van der Waals surface area (Å²) < 4.78 is 20.3. The van der Waals surface area contributed by atoms with Crippen molar-refractivity contribution in [3.63, 3.8) is 0 Å². The monoisotopic (exact) mass is 471 g/mol. The molecule has 1 unspecified atom stereocenters. The number of amides is 1. The van der Waals surface area contributed by atoms with Crippen molar-refractivity contribution in [2.45, 2.75) is 40.2 Å². The fourth-order valence-electron chi connectivity index (χ4n) is 2.94. The summed E-state index contributed by atoms with van der Waals surface area (Å²) in [5.74, 6) is -4.68. The molecule has 0 radical (unpaired) electrons. The number of ether oxygens (including phenoxy) is 4. The highest BCUT2D eigenvalue weighted by Gasteiger charge is 2.26. The van der Waals surface area contributed by atoms with E-state index in [9.17, 15) is 24.0 Å². The molecule has 0 aliphatic carbocycles. The molecule has 0 spiro atoms. The van der Waals surface area contributed by atoms with E-state index >= 15 is 0 Å². The molecule has 0 saturated carbocycles. The van der Waals surface area contributed by atoms with E-state index in [4.69, 9.17) is 18.9 Å². The van der Waals surface area contributed by atoms with Crippen LogP contribution in [0.5, 0.6) is 17.2 Å². The maximum absolute atomic E-state index is 13.1. The molecule has 10 nitrogen and oxygen atoms in total. The first-order chi connectivity index (χ1) is 16.1. The quantitative estimate of drug-likeness (QED) is 0.432. The molecule has 180 valence electrons. The van der Waals surface area contributed by atoms with Crippen LogP contribution in [0.25, 0.3) is 0 Å². The minimum absolute atomic E-state index is 0.115. The Balaban J connectivity index is 2.46. The molecule has 2 aromatic rings. The molecule has 1 N–H and O–H groups in total. The Labute approximate surface area is 196 Å². The fourth-order valence-corrected chi connectivity index (χ4v) is 2.94. The predicted molar refractivity (Wildman–Crippen MR) is 118 cm³/mol. The number of nitrogens with one attached hydrogen (secondary N) is 1. The highest BCUT2D eigenvalue weighted by molar-refractivity contribution is 5.98. The molecule has 0 bridgehead atoms. The third-order valence-corrected chi connectivity index (χ3v) is 4.20. The van der Waals surface area contributed by atoms with Gasteiger partial charge in [-0.25, -0.2) is 4.79 Å². The number of hydrogen-bond donors (Lipinski definition) is 1. The van der Waals surface area contributed by atoms with E-state index in [1.807, 2.05) is 6.07 Å². The van der Waals surface area contributed by atoms with Gasteiger partial charge in [0.05, 0.1) is 6.61 Å². The van der Waals surface area contributed by atoms with Gasteiger partial charge in [-0.05, 0) is 24.6 Å². The van der Waals surface area contributed by atoms with Gasteiger partial charge in [-0.2, -0.15) is 0 Å². The molecule has 1 amide bonds. The van der Waals surface area contributed by atoms with Gasteiger partial charge in [-0.15, -0.1) is 0 Å². The van der Waals surface area contributed by atoms with Crippen LogP contribution in [-0.4, -0.2) is 42.4 Å². The summed E-state index contributed by atoms with van der Waals surface area (Å²) in [4.78, 5) is 60.2. The van der Waals surface area contributed by atoms with E-state index < -0.39 is 35.8 Å². The zero-order chi connectivity index (χ0) is 25.3. The van der Waals surface area contributed by atoms with Crippen molar-refractivity contribution in [2.75, 3.05) is 6.61 Å².